The number of carbonyl (C=O) groups excluding carboxylic acids is 1. The van der Waals surface area contributed by atoms with Crippen molar-refractivity contribution in [3.05, 3.63) is 74.8 Å². The minimum Gasteiger partial charge on any atom is -0.371 e. The lowest BCUT2D eigenvalue weighted by Crippen LogP contribution is -2.34. The number of benzene rings is 2. The molecule has 0 bridgehead atoms. The largest absolute Gasteiger partial charge is 0.371 e. The van der Waals surface area contributed by atoms with Gasteiger partial charge in [0.1, 0.15) is 17.8 Å². The predicted octanol–water partition coefficient (Wildman–Crippen LogP) is 3.74. The molecule has 0 aromatic heterocycles. The molecule has 30 heavy (non-hydrogen) atoms. The van der Waals surface area contributed by atoms with Crippen LogP contribution in [-0.2, 0) is 22.7 Å². The third-order valence-corrected chi connectivity index (χ3v) is 4.86. The number of nitro groups is 1. The highest BCUT2D eigenvalue weighted by atomic mass is 32.2. The number of carbonyl (C=O) groups is 1. The zero-order valence-electron chi connectivity index (χ0n) is 16.9. The Bertz CT molecular complexity index is 927. The topological polar surface area (TPSA) is 120 Å². The van der Waals surface area contributed by atoms with Gasteiger partial charge in [-0.2, -0.15) is 0 Å². The van der Waals surface area contributed by atoms with Crippen molar-refractivity contribution in [1.82, 2.24) is 10.6 Å². The van der Waals surface area contributed by atoms with E-state index in [2.05, 4.69) is 59.9 Å². The fourth-order valence-electron chi connectivity index (χ4n) is 2.65. The van der Waals surface area contributed by atoms with Gasteiger partial charge in [0.05, 0.1) is 4.92 Å². The summed E-state index contributed by atoms with van der Waals surface area (Å²) >= 11 is 5.62. The van der Waals surface area contributed by atoms with E-state index in [4.69, 9.17) is 17.4 Å². The van der Waals surface area contributed by atoms with E-state index in [-0.39, 0.29) is 23.2 Å². The number of thiocarbonyl (C=S) groups is 1. The molecule has 0 radical (unpaired) electrons. The first-order valence-electron chi connectivity index (χ1n) is 9.08. The van der Waals surface area contributed by atoms with E-state index in [1.807, 2.05) is 0 Å². The van der Waals surface area contributed by atoms with Crippen LogP contribution in [0, 0.1) is 10.1 Å². The highest BCUT2D eigenvalue weighted by Crippen LogP contribution is 2.23. The quantitative estimate of drug-likeness (QED) is 0.191. The normalized spacial score (nSPS) is 10.9. The van der Waals surface area contributed by atoms with Crippen LogP contribution >= 0.6 is 24.4 Å². The van der Waals surface area contributed by atoms with Crippen molar-refractivity contribution in [2.45, 2.75) is 39.3 Å². The van der Waals surface area contributed by atoms with Crippen molar-refractivity contribution in [2.24, 2.45) is 5.14 Å². The molecule has 2 aromatic carbocycles. The van der Waals surface area contributed by atoms with Gasteiger partial charge in [-0.15, -0.1) is 0 Å². The number of rotatable bonds is 7. The van der Waals surface area contributed by atoms with Crippen LogP contribution in [0.4, 0.5) is 5.69 Å². The van der Waals surface area contributed by atoms with E-state index in [1.165, 1.54) is 17.7 Å². The molecule has 0 amide bonds. The molecule has 4 N–H and O–H groups in total. The average Bonchev–Trinajstić information content (AvgIpc) is 2.70. The van der Waals surface area contributed by atoms with E-state index in [0.717, 1.165) is 5.56 Å². The molecular formula is C20H24N4O4S2. The summed E-state index contributed by atoms with van der Waals surface area (Å²) in [6, 6.07) is 12.5. The van der Waals surface area contributed by atoms with Crippen molar-refractivity contribution >= 4 is 41.2 Å². The van der Waals surface area contributed by atoms with Gasteiger partial charge in [-0.05, 0) is 40.4 Å². The van der Waals surface area contributed by atoms with Crippen LogP contribution in [0.1, 0.15) is 47.8 Å². The van der Waals surface area contributed by atoms with Gasteiger partial charge in [0.2, 0.25) is 0 Å². The van der Waals surface area contributed by atoms with Crippen molar-refractivity contribution in [3.8, 4) is 0 Å². The van der Waals surface area contributed by atoms with Crippen LogP contribution in [0.2, 0.25) is 0 Å². The van der Waals surface area contributed by atoms with Crippen LogP contribution in [0.15, 0.2) is 42.5 Å². The van der Waals surface area contributed by atoms with E-state index in [9.17, 15) is 14.9 Å². The second kappa shape index (κ2) is 10.4. The molecule has 0 fully saturated rings. The first kappa shape index (κ1) is 23.6. The van der Waals surface area contributed by atoms with Gasteiger partial charge in [-0.1, -0.05) is 51.1 Å². The Hall–Kier alpha value is -2.69. The Morgan fingerprint density at radius 2 is 1.70 bits per heavy atom. The summed E-state index contributed by atoms with van der Waals surface area (Å²) in [5.74, 6) is -0.872. The maximum Gasteiger partial charge on any atom is 0.358 e. The fourth-order valence-corrected chi connectivity index (χ4v) is 2.97. The number of nitrogens with two attached hydrogens (primary N) is 1. The van der Waals surface area contributed by atoms with Crippen molar-refractivity contribution in [3.63, 3.8) is 0 Å². The smallest absolute Gasteiger partial charge is 0.358 e. The monoisotopic (exact) mass is 448 g/mol. The van der Waals surface area contributed by atoms with E-state index >= 15 is 0 Å². The highest BCUT2D eigenvalue weighted by molar-refractivity contribution is 7.92. The Labute approximate surface area is 185 Å². The second-order valence-electron chi connectivity index (χ2n) is 7.56. The Morgan fingerprint density at radius 1 is 1.13 bits per heavy atom. The molecular weight excluding hydrogens is 424 g/mol. The van der Waals surface area contributed by atoms with E-state index < -0.39 is 10.9 Å². The number of nitrogens with one attached hydrogen (secondary N) is 2. The minimum atomic E-state index is -0.872. The number of hydrogen-bond acceptors (Lipinski definition) is 7. The van der Waals surface area contributed by atoms with Gasteiger partial charge in [0, 0.05) is 19.2 Å². The van der Waals surface area contributed by atoms with Crippen molar-refractivity contribution < 1.29 is 13.9 Å². The summed E-state index contributed by atoms with van der Waals surface area (Å²) in [5, 5.41) is 22.9. The number of nitro benzene ring substituents is 1. The predicted molar refractivity (Wildman–Crippen MR) is 122 cm³/mol. The second-order valence-corrected chi connectivity index (χ2v) is 8.33. The summed E-state index contributed by atoms with van der Waals surface area (Å²) in [7, 11) is 0. The Kier molecular flexibility index (Phi) is 8.16. The third kappa shape index (κ3) is 6.68. The molecule has 2 aromatic rings. The maximum absolute atomic E-state index is 11.8. The summed E-state index contributed by atoms with van der Waals surface area (Å²) in [6.07, 6.45) is 0. The third-order valence-electron chi connectivity index (χ3n) is 4.33. The SMILES string of the molecule is CC(C)(C)c1ccc(CNC(=S)NCc2ccc(C(=O)OSN)c([N+](=O)[O-])c2)cc1. The van der Waals surface area contributed by atoms with Crippen LogP contribution in [-0.4, -0.2) is 16.0 Å². The Balaban J connectivity index is 1.93. The van der Waals surface area contributed by atoms with Crippen molar-refractivity contribution in [2.75, 3.05) is 0 Å². The van der Waals surface area contributed by atoms with Crippen LogP contribution < -0.4 is 15.8 Å². The molecule has 0 spiro atoms. The zero-order valence-corrected chi connectivity index (χ0v) is 18.6. The lowest BCUT2D eigenvalue weighted by molar-refractivity contribution is -0.385. The average molecular weight is 449 g/mol. The molecule has 0 aliphatic carbocycles. The van der Waals surface area contributed by atoms with Crippen LogP contribution in [0.3, 0.4) is 0 Å². The molecule has 0 atom stereocenters. The van der Waals surface area contributed by atoms with E-state index in [1.54, 1.807) is 6.07 Å². The van der Waals surface area contributed by atoms with Crippen LogP contribution in [0.25, 0.3) is 0 Å². The van der Waals surface area contributed by atoms with Gasteiger partial charge in [-0.3, -0.25) is 10.1 Å². The summed E-state index contributed by atoms with van der Waals surface area (Å²) in [4.78, 5) is 22.4. The lowest BCUT2D eigenvalue weighted by Gasteiger charge is -2.19. The van der Waals surface area contributed by atoms with Gasteiger partial charge in [0.25, 0.3) is 5.69 Å². The molecule has 0 saturated heterocycles. The molecule has 0 aliphatic heterocycles. The highest BCUT2D eigenvalue weighted by Gasteiger charge is 2.22. The standard InChI is InChI=1S/C20H24N4O4S2/c1-20(2,3)15-7-4-13(5-8-15)11-22-19(29)23-12-14-6-9-16(18(25)28-30-21)17(10-14)24(26)27/h4-10H,11-12,21H2,1-3H3,(H2,22,23,29). The summed E-state index contributed by atoms with van der Waals surface area (Å²) in [5.41, 5.74) is 2.51. The number of nitrogens with zero attached hydrogens (tertiary/aromatic N) is 1. The molecule has 10 heteroatoms. The van der Waals surface area contributed by atoms with Gasteiger partial charge in [0.15, 0.2) is 5.11 Å². The molecule has 0 saturated carbocycles. The first-order chi connectivity index (χ1) is 14.1. The lowest BCUT2D eigenvalue weighted by atomic mass is 9.87. The summed E-state index contributed by atoms with van der Waals surface area (Å²) < 4.78 is 4.56. The molecule has 0 unspecified atom stereocenters. The van der Waals surface area contributed by atoms with Gasteiger partial charge < -0.3 is 14.8 Å². The van der Waals surface area contributed by atoms with Crippen LogP contribution in [0.5, 0.6) is 0 Å². The Morgan fingerprint density at radius 3 is 2.23 bits per heavy atom. The first-order valence-corrected chi connectivity index (χ1v) is 10.3. The molecule has 2 rings (SSSR count). The van der Waals surface area contributed by atoms with Gasteiger partial charge in [-0.25, -0.2) is 9.93 Å². The van der Waals surface area contributed by atoms with Gasteiger partial charge >= 0.3 is 5.97 Å². The molecule has 8 nitrogen and oxygen atoms in total. The molecule has 0 aliphatic rings. The minimum absolute atomic E-state index is 0.0981. The van der Waals surface area contributed by atoms with Crippen molar-refractivity contribution in [1.29, 1.82) is 0 Å². The number of hydrogen-bond donors (Lipinski definition) is 3. The molecule has 160 valence electrons. The maximum atomic E-state index is 11.8. The molecule has 0 heterocycles. The fraction of sp³-hybridized carbons (Fsp3) is 0.300. The summed E-state index contributed by atoms with van der Waals surface area (Å²) in [6.45, 7) is 7.30. The zero-order chi connectivity index (χ0) is 22.3. The van der Waals surface area contributed by atoms with E-state index in [0.29, 0.717) is 29.4 Å².